The first-order chi connectivity index (χ1) is 23.3. The smallest absolute Gasteiger partial charge is 0.306 e. The number of carbonyl (C=O) groups is 2. The molecule has 0 aliphatic carbocycles. The molecule has 0 amide bonds. The summed E-state index contributed by atoms with van der Waals surface area (Å²) in [6.07, 6.45) is 42.8. The Morgan fingerprint density at radius 2 is 1.08 bits per heavy atom. The molecule has 0 aromatic rings. The molecule has 2 atom stereocenters. The predicted molar refractivity (Wildman–Crippen MR) is 202 cm³/mol. The fourth-order valence-corrected chi connectivity index (χ4v) is 4.85. The first kappa shape index (κ1) is 45.3. The van der Waals surface area contributed by atoms with Crippen molar-refractivity contribution < 1.29 is 29.3 Å². The third-order valence-corrected chi connectivity index (χ3v) is 7.73. The van der Waals surface area contributed by atoms with Crippen LogP contribution in [0.3, 0.4) is 0 Å². The van der Waals surface area contributed by atoms with E-state index in [0.29, 0.717) is 19.3 Å². The molecule has 2 N–H and O–H groups in total. The molecule has 0 aliphatic rings. The lowest BCUT2D eigenvalue weighted by Crippen LogP contribution is -2.25. The Bertz CT molecular complexity index is 926. The van der Waals surface area contributed by atoms with Crippen molar-refractivity contribution in [3.8, 4) is 0 Å². The number of ether oxygens (including phenoxy) is 2. The minimum Gasteiger partial charge on any atom is -0.463 e. The normalized spacial score (nSPS) is 13.8. The number of hydrogen-bond donors (Lipinski definition) is 2. The van der Waals surface area contributed by atoms with Crippen LogP contribution in [0.5, 0.6) is 0 Å². The van der Waals surface area contributed by atoms with E-state index in [4.69, 9.17) is 9.47 Å². The van der Waals surface area contributed by atoms with Gasteiger partial charge in [-0.05, 0) is 50.9 Å². The minimum atomic E-state index is -1.03. The van der Waals surface area contributed by atoms with Crippen molar-refractivity contribution in [2.45, 2.75) is 161 Å². The van der Waals surface area contributed by atoms with E-state index in [1.54, 1.807) is 6.08 Å². The molecule has 48 heavy (non-hydrogen) atoms. The molecule has 1 unspecified atom stereocenters. The van der Waals surface area contributed by atoms with Gasteiger partial charge in [0.05, 0.1) is 6.10 Å². The van der Waals surface area contributed by atoms with Crippen LogP contribution in [0.2, 0.25) is 0 Å². The Hall–Kier alpha value is -2.70. The van der Waals surface area contributed by atoms with Crippen LogP contribution in [0.15, 0.2) is 72.9 Å². The zero-order valence-electron chi connectivity index (χ0n) is 30.7. The first-order valence-electron chi connectivity index (χ1n) is 19.0. The highest BCUT2D eigenvalue weighted by atomic mass is 16.6. The molecule has 0 heterocycles. The van der Waals surface area contributed by atoms with E-state index in [2.05, 4.69) is 57.2 Å². The number of rotatable bonds is 32. The van der Waals surface area contributed by atoms with Gasteiger partial charge >= 0.3 is 11.9 Å². The monoisotopic (exact) mass is 671 g/mol. The van der Waals surface area contributed by atoms with Crippen LogP contribution >= 0.6 is 0 Å². The summed E-state index contributed by atoms with van der Waals surface area (Å²) in [4.78, 5) is 23.9. The van der Waals surface area contributed by atoms with Gasteiger partial charge in [0.1, 0.15) is 19.3 Å². The summed E-state index contributed by atoms with van der Waals surface area (Å²) >= 11 is 0. The largest absolute Gasteiger partial charge is 0.463 e. The Labute approximate surface area is 294 Å². The Kier molecular flexibility index (Phi) is 33.6. The SMILES string of the molecule is CC/C=C\C/C=C\C/C=C\C/C=C\C=C/C(O)C/C=C\CCC(=O)OC[C@@H](O)COC(=O)CCCCCCCCCCCCCC(C)C. The fraction of sp³-hybridized carbons (Fsp3) is 0.667. The van der Waals surface area contributed by atoms with Crippen molar-refractivity contribution in [1.82, 2.24) is 0 Å². The number of unbranched alkanes of at least 4 members (excludes halogenated alkanes) is 10. The molecule has 6 heteroatoms. The topological polar surface area (TPSA) is 93.1 Å². The highest BCUT2D eigenvalue weighted by Crippen LogP contribution is 2.14. The van der Waals surface area contributed by atoms with Crippen molar-refractivity contribution >= 4 is 11.9 Å². The molecule has 0 rings (SSSR count). The van der Waals surface area contributed by atoms with Gasteiger partial charge in [-0.3, -0.25) is 9.59 Å². The molecule has 0 aliphatic heterocycles. The highest BCUT2D eigenvalue weighted by molar-refractivity contribution is 5.70. The van der Waals surface area contributed by atoms with E-state index < -0.39 is 18.2 Å². The Morgan fingerprint density at radius 3 is 1.65 bits per heavy atom. The van der Waals surface area contributed by atoms with Crippen LogP contribution in [0.1, 0.15) is 149 Å². The van der Waals surface area contributed by atoms with Crippen molar-refractivity contribution in [2.75, 3.05) is 13.2 Å². The molecule has 274 valence electrons. The van der Waals surface area contributed by atoms with Gasteiger partial charge in [-0.1, -0.05) is 164 Å². The van der Waals surface area contributed by atoms with Crippen molar-refractivity contribution in [3.63, 3.8) is 0 Å². The van der Waals surface area contributed by atoms with Crippen LogP contribution in [-0.4, -0.2) is 47.6 Å². The summed E-state index contributed by atoms with van der Waals surface area (Å²) in [7, 11) is 0. The molecule has 0 saturated carbocycles. The molecule has 0 bridgehead atoms. The van der Waals surface area contributed by atoms with Gasteiger partial charge in [0.2, 0.25) is 0 Å². The second-order valence-corrected chi connectivity index (χ2v) is 13.0. The summed E-state index contributed by atoms with van der Waals surface area (Å²) in [6, 6.07) is 0. The van der Waals surface area contributed by atoms with Crippen LogP contribution < -0.4 is 0 Å². The third-order valence-electron chi connectivity index (χ3n) is 7.73. The zero-order valence-corrected chi connectivity index (χ0v) is 30.7. The van der Waals surface area contributed by atoms with Crippen molar-refractivity contribution in [1.29, 1.82) is 0 Å². The summed E-state index contributed by atoms with van der Waals surface area (Å²) < 4.78 is 10.2. The Balaban J connectivity index is 3.70. The highest BCUT2D eigenvalue weighted by Gasteiger charge is 2.11. The molecule has 0 radical (unpaired) electrons. The van der Waals surface area contributed by atoms with Crippen LogP contribution in [-0.2, 0) is 19.1 Å². The maximum atomic E-state index is 11.9. The lowest BCUT2D eigenvalue weighted by molar-refractivity contribution is -0.152. The van der Waals surface area contributed by atoms with E-state index in [1.165, 1.54) is 57.8 Å². The van der Waals surface area contributed by atoms with Crippen molar-refractivity contribution in [2.24, 2.45) is 5.92 Å². The van der Waals surface area contributed by atoms with Crippen LogP contribution in [0.4, 0.5) is 0 Å². The molecule has 0 saturated heterocycles. The lowest BCUT2D eigenvalue weighted by atomic mass is 10.0. The van der Waals surface area contributed by atoms with E-state index in [9.17, 15) is 19.8 Å². The van der Waals surface area contributed by atoms with Gasteiger partial charge in [-0.25, -0.2) is 0 Å². The van der Waals surface area contributed by atoms with Gasteiger partial charge in [0.25, 0.3) is 0 Å². The van der Waals surface area contributed by atoms with Crippen molar-refractivity contribution in [3.05, 3.63) is 72.9 Å². The summed E-state index contributed by atoms with van der Waals surface area (Å²) in [5, 5.41) is 20.1. The second-order valence-electron chi connectivity index (χ2n) is 13.0. The molecule has 0 fully saturated rings. The second kappa shape index (κ2) is 35.6. The molecule has 6 nitrogen and oxygen atoms in total. The quantitative estimate of drug-likeness (QED) is 0.0320. The van der Waals surface area contributed by atoms with Gasteiger partial charge in [-0.2, -0.15) is 0 Å². The number of aliphatic hydroxyl groups excluding tert-OH is 2. The number of aliphatic hydroxyl groups is 2. The average Bonchev–Trinajstić information content (AvgIpc) is 3.06. The van der Waals surface area contributed by atoms with Crippen LogP contribution in [0, 0.1) is 5.92 Å². The maximum absolute atomic E-state index is 11.9. The van der Waals surface area contributed by atoms with Gasteiger partial charge < -0.3 is 19.7 Å². The number of esters is 2. The number of carbonyl (C=O) groups excluding carboxylic acids is 2. The molecular weight excluding hydrogens is 600 g/mol. The van der Waals surface area contributed by atoms with Crippen LogP contribution in [0.25, 0.3) is 0 Å². The zero-order chi connectivity index (χ0) is 35.3. The lowest BCUT2D eigenvalue weighted by Gasteiger charge is -2.12. The number of allylic oxidation sites excluding steroid dienone is 10. The summed E-state index contributed by atoms with van der Waals surface area (Å²) in [5.74, 6) is 0.0785. The maximum Gasteiger partial charge on any atom is 0.306 e. The average molecular weight is 671 g/mol. The fourth-order valence-electron chi connectivity index (χ4n) is 4.85. The summed E-state index contributed by atoms with van der Waals surface area (Å²) in [5.41, 5.74) is 0. The number of hydrogen-bond acceptors (Lipinski definition) is 6. The van der Waals surface area contributed by atoms with E-state index >= 15 is 0 Å². The van der Waals surface area contributed by atoms with Gasteiger partial charge in [0, 0.05) is 12.8 Å². The molecule has 0 aromatic carbocycles. The molecular formula is C42H70O6. The summed E-state index contributed by atoms with van der Waals surface area (Å²) in [6.45, 7) is 6.35. The predicted octanol–water partition coefficient (Wildman–Crippen LogP) is 10.6. The van der Waals surface area contributed by atoms with E-state index in [1.807, 2.05) is 30.4 Å². The first-order valence-corrected chi connectivity index (χ1v) is 19.0. The molecule has 0 spiro atoms. The standard InChI is InChI=1S/C42H70O6/c1-4-5-6-7-8-9-10-11-14-17-20-23-27-32-39(43)33-28-25-30-35-42(46)48-37-40(44)36-47-41(45)34-29-24-21-18-15-12-13-16-19-22-26-31-38(2)3/h5-6,8-9,11,14,20,23,25,27-28,32,38-40,43-44H,4,7,10,12-13,15-19,21-22,24,26,29-31,33-37H2,1-3H3/b6-5-,9-8-,14-11-,23-20-,28-25-,32-27-/t39?,40-/m0/s1. The van der Waals surface area contributed by atoms with Gasteiger partial charge in [-0.15, -0.1) is 0 Å². The van der Waals surface area contributed by atoms with E-state index in [-0.39, 0.29) is 25.6 Å². The molecule has 0 aromatic heterocycles. The van der Waals surface area contributed by atoms with Gasteiger partial charge in [0.15, 0.2) is 0 Å². The minimum absolute atomic E-state index is 0.171. The van der Waals surface area contributed by atoms with E-state index in [0.717, 1.165) is 50.9 Å². The Morgan fingerprint density at radius 1 is 0.583 bits per heavy atom. The third kappa shape index (κ3) is 36.1.